The molecule has 6 nitrogen and oxygen atoms in total. The Kier molecular flexibility index (Phi) is 6.04. The van der Waals surface area contributed by atoms with Gasteiger partial charge in [-0.15, -0.1) is 13.2 Å². The van der Waals surface area contributed by atoms with Crippen molar-refractivity contribution in [2.45, 2.75) is 33.2 Å². The Morgan fingerprint density at radius 3 is 2.48 bits per heavy atom. The number of carbonyl (C=O) groups is 1. The molecule has 0 aliphatic rings. The molecular formula is C24H20F3N3O3. The number of halogens is 3. The van der Waals surface area contributed by atoms with Crippen molar-refractivity contribution >= 4 is 5.78 Å². The molecule has 0 N–H and O–H groups in total. The molecule has 0 spiro atoms. The number of rotatable bonds is 7. The summed E-state index contributed by atoms with van der Waals surface area (Å²) in [5.41, 5.74) is 4.45. The molecule has 0 radical (unpaired) electrons. The molecule has 0 aliphatic carbocycles. The van der Waals surface area contributed by atoms with Gasteiger partial charge in [0.25, 0.3) is 0 Å². The van der Waals surface area contributed by atoms with Crippen molar-refractivity contribution in [2.24, 2.45) is 0 Å². The van der Waals surface area contributed by atoms with Crippen molar-refractivity contribution in [2.75, 3.05) is 0 Å². The van der Waals surface area contributed by atoms with E-state index in [1.54, 1.807) is 6.92 Å². The number of aryl methyl sites for hydroxylation is 1. The van der Waals surface area contributed by atoms with Crippen LogP contribution in [0.3, 0.4) is 0 Å². The first-order chi connectivity index (χ1) is 15.7. The van der Waals surface area contributed by atoms with Gasteiger partial charge in [0.05, 0.1) is 6.54 Å². The van der Waals surface area contributed by atoms with E-state index in [0.29, 0.717) is 35.8 Å². The van der Waals surface area contributed by atoms with Crippen molar-refractivity contribution in [3.8, 4) is 28.6 Å². The number of hydrogen-bond donors (Lipinski definition) is 0. The molecule has 0 unspecified atom stereocenters. The average molecular weight is 455 g/mol. The van der Waals surface area contributed by atoms with E-state index in [4.69, 9.17) is 4.42 Å². The van der Waals surface area contributed by atoms with E-state index >= 15 is 0 Å². The predicted octanol–water partition coefficient (Wildman–Crippen LogP) is 5.59. The lowest BCUT2D eigenvalue weighted by molar-refractivity contribution is -0.274. The van der Waals surface area contributed by atoms with Crippen LogP contribution in [0.1, 0.15) is 23.7 Å². The van der Waals surface area contributed by atoms with E-state index < -0.39 is 6.36 Å². The second-order valence-corrected chi connectivity index (χ2v) is 7.64. The quantitative estimate of drug-likeness (QED) is 0.363. The molecule has 2 aromatic heterocycles. The number of alkyl halides is 3. The summed E-state index contributed by atoms with van der Waals surface area (Å²) in [6.45, 7) is 4.00. The van der Waals surface area contributed by atoms with E-state index in [2.05, 4.69) is 14.8 Å². The molecule has 0 aliphatic heterocycles. The van der Waals surface area contributed by atoms with Crippen LogP contribution in [0.2, 0.25) is 0 Å². The second kappa shape index (κ2) is 8.93. The summed E-state index contributed by atoms with van der Waals surface area (Å²) >= 11 is 0. The molecule has 0 saturated carbocycles. The molecule has 4 aromatic rings. The number of Topliss-reactive ketones (excluding diaryl/α,β-unsaturated/α-hetero) is 1. The highest BCUT2D eigenvalue weighted by Crippen LogP contribution is 2.28. The maximum absolute atomic E-state index is 12.3. The first-order valence-electron chi connectivity index (χ1n) is 10.1. The van der Waals surface area contributed by atoms with Crippen molar-refractivity contribution in [3.63, 3.8) is 0 Å². The Morgan fingerprint density at radius 1 is 1.06 bits per heavy atom. The molecule has 0 fully saturated rings. The van der Waals surface area contributed by atoms with Gasteiger partial charge in [0.15, 0.2) is 0 Å². The van der Waals surface area contributed by atoms with Crippen molar-refractivity contribution in [3.05, 3.63) is 77.7 Å². The van der Waals surface area contributed by atoms with Crippen LogP contribution < -0.4 is 4.74 Å². The molecule has 0 atom stereocenters. The highest BCUT2D eigenvalue weighted by atomic mass is 19.4. The lowest BCUT2D eigenvalue weighted by atomic mass is 10.1. The van der Waals surface area contributed by atoms with E-state index in [-0.39, 0.29) is 11.5 Å². The molecule has 0 bridgehead atoms. The van der Waals surface area contributed by atoms with Gasteiger partial charge in [0.1, 0.15) is 29.2 Å². The molecule has 2 heterocycles. The number of hydrogen-bond acceptors (Lipinski definition) is 5. The van der Waals surface area contributed by atoms with Gasteiger partial charge >= 0.3 is 6.36 Å². The van der Waals surface area contributed by atoms with Crippen LogP contribution in [0.5, 0.6) is 5.75 Å². The highest BCUT2D eigenvalue weighted by molar-refractivity contribution is 5.78. The highest BCUT2D eigenvalue weighted by Gasteiger charge is 2.31. The SMILES string of the molecule is CC(=O)Cc1cccc(Cn2nc(-c3nc(-c4ccc(OC(F)(F)F)cc4)co3)cc2C)c1. The van der Waals surface area contributed by atoms with Crippen LogP contribution in [0.15, 0.2) is 65.3 Å². The third-order valence-electron chi connectivity index (χ3n) is 4.86. The van der Waals surface area contributed by atoms with Gasteiger partial charge < -0.3 is 9.15 Å². The molecule has 33 heavy (non-hydrogen) atoms. The van der Waals surface area contributed by atoms with Crippen molar-refractivity contribution in [1.29, 1.82) is 0 Å². The lowest BCUT2D eigenvalue weighted by Crippen LogP contribution is -2.16. The standard InChI is InChI=1S/C24H20F3N3O3/c1-15-10-21(29-30(15)13-18-5-3-4-17(12-18)11-16(2)31)23-28-22(14-32-23)19-6-8-20(9-7-19)33-24(25,26)27/h3-10,12,14H,11,13H2,1-2H3. The minimum absolute atomic E-state index is 0.104. The molecule has 170 valence electrons. The Labute approximate surface area is 187 Å². The van der Waals surface area contributed by atoms with Gasteiger partial charge in [-0.1, -0.05) is 24.3 Å². The number of oxazole rings is 1. The fraction of sp³-hybridized carbons (Fsp3) is 0.208. The van der Waals surface area contributed by atoms with Crippen LogP contribution in [0.25, 0.3) is 22.8 Å². The van der Waals surface area contributed by atoms with E-state index in [0.717, 1.165) is 16.8 Å². The topological polar surface area (TPSA) is 70.2 Å². The molecule has 0 amide bonds. The monoisotopic (exact) mass is 455 g/mol. The summed E-state index contributed by atoms with van der Waals surface area (Å²) in [7, 11) is 0. The summed E-state index contributed by atoms with van der Waals surface area (Å²) in [5.74, 6) is 0.0939. The van der Waals surface area contributed by atoms with Gasteiger partial charge in [0.2, 0.25) is 5.89 Å². The molecule has 9 heteroatoms. The average Bonchev–Trinajstić information content (AvgIpc) is 3.35. The fourth-order valence-corrected chi connectivity index (χ4v) is 3.42. The van der Waals surface area contributed by atoms with E-state index in [1.807, 2.05) is 41.9 Å². The van der Waals surface area contributed by atoms with Gasteiger partial charge in [-0.05, 0) is 55.3 Å². The maximum atomic E-state index is 12.3. The largest absolute Gasteiger partial charge is 0.573 e. The van der Waals surface area contributed by atoms with Crippen molar-refractivity contribution in [1.82, 2.24) is 14.8 Å². The number of carbonyl (C=O) groups excluding carboxylic acids is 1. The Bertz CT molecular complexity index is 1270. The normalized spacial score (nSPS) is 11.5. The second-order valence-electron chi connectivity index (χ2n) is 7.64. The zero-order valence-corrected chi connectivity index (χ0v) is 17.9. The van der Waals surface area contributed by atoms with E-state index in [9.17, 15) is 18.0 Å². The molecule has 4 rings (SSSR count). The van der Waals surface area contributed by atoms with Crippen LogP contribution >= 0.6 is 0 Å². The van der Waals surface area contributed by atoms with E-state index in [1.165, 1.54) is 30.5 Å². The maximum Gasteiger partial charge on any atom is 0.573 e. The van der Waals surface area contributed by atoms with Gasteiger partial charge in [0, 0.05) is 17.7 Å². The summed E-state index contributed by atoms with van der Waals surface area (Å²) in [4.78, 5) is 15.8. The molecule has 2 aromatic carbocycles. The van der Waals surface area contributed by atoms with Crippen LogP contribution in [0, 0.1) is 6.92 Å². The smallest absolute Gasteiger partial charge is 0.443 e. The Morgan fingerprint density at radius 2 is 1.79 bits per heavy atom. The third-order valence-corrected chi connectivity index (χ3v) is 4.86. The number of nitrogens with zero attached hydrogens (tertiary/aromatic N) is 3. The summed E-state index contributed by atoms with van der Waals surface area (Å²) < 4.78 is 48.2. The summed E-state index contributed by atoms with van der Waals surface area (Å²) in [6, 6.07) is 15.0. The van der Waals surface area contributed by atoms with Gasteiger partial charge in [-0.3, -0.25) is 9.48 Å². The Balaban J connectivity index is 1.50. The molecule has 0 saturated heterocycles. The van der Waals surface area contributed by atoms with Gasteiger partial charge in [-0.2, -0.15) is 5.10 Å². The number of ketones is 1. The lowest BCUT2D eigenvalue weighted by Gasteiger charge is -2.08. The zero-order chi connectivity index (χ0) is 23.6. The number of ether oxygens (including phenoxy) is 1. The minimum Gasteiger partial charge on any atom is -0.443 e. The first kappa shape index (κ1) is 22.3. The van der Waals surface area contributed by atoms with Crippen LogP contribution in [-0.4, -0.2) is 26.9 Å². The van der Waals surface area contributed by atoms with Crippen LogP contribution in [-0.2, 0) is 17.8 Å². The van der Waals surface area contributed by atoms with Crippen LogP contribution in [0.4, 0.5) is 13.2 Å². The fourth-order valence-electron chi connectivity index (χ4n) is 3.42. The number of aromatic nitrogens is 3. The zero-order valence-electron chi connectivity index (χ0n) is 17.9. The first-order valence-corrected chi connectivity index (χ1v) is 10.1. The number of benzene rings is 2. The third kappa shape index (κ3) is 5.68. The summed E-state index contributed by atoms with van der Waals surface area (Å²) in [6.07, 6.45) is -2.93. The van der Waals surface area contributed by atoms with Gasteiger partial charge in [-0.25, -0.2) is 4.98 Å². The Hall–Kier alpha value is -3.88. The summed E-state index contributed by atoms with van der Waals surface area (Å²) in [5, 5.41) is 4.58. The van der Waals surface area contributed by atoms with Crippen molar-refractivity contribution < 1.29 is 27.1 Å². The minimum atomic E-state index is -4.74. The predicted molar refractivity (Wildman–Crippen MR) is 115 cm³/mol. The molecular weight excluding hydrogens is 435 g/mol.